The lowest BCUT2D eigenvalue weighted by Crippen LogP contribution is -2.55. The standard InChI is InChI=1S/C13H12BrN3O4/c14-9-4-2-1-3-8(9)13(21)15-5-12(20)17-6-10(18)16-11(19)7-17/h1-4H,5-7H2,(H,15,21)(H,16,18,19). The minimum Gasteiger partial charge on any atom is -0.343 e. The molecular weight excluding hydrogens is 342 g/mol. The topological polar surface area (TPSA) is 95.6 Å². The van der Waals surface area contributed by atoms with E-state index in [9.17, 15) is 19.2 Å². The van der Waals surface area contributed by atoms with Crippen LogP contribution in [0.2, 0.25) is 0 Å². The van der Waals surface area contributed by atoms with E-state index in [1.54, 1.807) is 24.3 Å². The zero-order valence-corrected chi connectivity index (χ0v) is 12.5. The lowest BCUT2D eigenvalue weighted by Gasteiger charge is -2.25. The lowest BCUT2D eigenvalue weighted by molar-refractivity contribution is -0.144. The van der Waals surface area contributed by atoms with Crippen LogP contribution < -0.4 is 10.6 Å². The molecule has 0 radical (unpaired) electrons. The molecule has 0 saturated carbocycles. The van der Waals surface area contributed by atoms with Crippen LogP contribution in [-0.4, -0.2) is 48.2 Å². The van der Waals surface area contributed by atoms with Crippen molar-refractivity contribution in [3.8, 4) is 0 Å². The Balaban J connectivity index is 1.92. The van der Waals surface area contributed by atoms with Gasteiger partial charge in [-0.15, -0.1) is 0 Å². The SMILES string of the molecule is O=C1CN(C(=O)CNC(=O)c2ccccc2Br)CC(=O)N1. The smallest absolute Gasteiger partial charge is 0.252 e. The fraction of sp³-hybridized carbons (Fsp3) is 0.231. The molecule has 1 aromatic rings. The van der Waals surface area contributed by atoms with Gasteiger partial charge in [-0.2, -0.15) is 0 Å². The minimum absolute atomic E-state index is 0.185. The van der Waals surface area contributed by atoms with Crippen LogP contribution in [0.4, 0.5) is 0 Å². The summed E-state index contributed by atoms with van der Waals surface area (Å²) in [6.07, 6.45) is 0. The van der Waals surface area contributed by atoms with Crippen molar-refractivity contribution in [2.24, 2.45) is 0 Å². The molecule has 110 valence electrons. The molecule has 1 heterocycles. The van der Waals surface area contributed by atoms with Gasteiger partial charge in [0, 0.05) is 4.47 Å². The first-order valence-electron chi connectivity index (χ1n) is 6.10. The van der Waals surface area contributed by atoms with Crippen LogP contribution in [0.15, 0.2) is 28.7 Å². The number of rotatable bonds is 3. The van der Waals surface area contributed by atoms with Crippen molar-refractivity contribution in [1.29, 1.82) is 0 Å². The molecule has 1 saturated heterocycles. The van der Waals surface area contributed by atoms with E-state index in [1.807, 2.05) is 0 Å². The van der Waals surface area contributed by atoms with Gasteiger partial charge in [0.2, 0.25) is 17.7 Å². The maximum Gasteiger partial charge on any atom is 0.252 e. The highest BCUT2D eigenvalue weighted by Gasteiger charge is 2.26. The third kappa shape index (κ3) is 3.88. The van der Waals surface area contributed by atoms with E-state index < -0.39 is 23.6 Å². The highest BCUT2D eigenvalue weighted by Crippen LogP contribution is 2.15. The largest absolute Gasteiger partial charge is 0.343 e. The van der Waals surface area contributed by atoms with Crippen LogP contribution in [0.25, 0.3) is 0 Å². The Hall–Kier alpha value is -2.22. The molecular formula is C13H12BrN3O4. The van der Waals surface area contributed by atoms with Gasteiger partial charge >= 0.3 is 0 Å². The summed E-state index contributed by atoms with van der Waals surface area (Å²) in [5, 5.41) is 4.56. The minimum atomic E-state index is -0.531. The summed E-state index contributed by atoms with van der Waals surface area (Å²) in [6.45, 7) is -0.647. The predicted octanol–water partition coefficient (Wildman–Crippen LogP) is -0.336. The van der Waals surface area contributed by atoms with Crippen LogP contribution in [0.5, 0.6) is 0 Å². The Morgan fingerprint density at radius 2 is 1.81 bits per heavy atom. The second-order valence-corrected chi connectivity index (χ2v) is 5.24. The van der Waals surface area contributed by atoms with Crippen molar-refractivity contribution in [3.63, 3.8) is 0 Å². The van der Waals surface area contributed by atoms with Crippen molar-refractivity contribution in [1.82, 2.24) is 15.5 Å². The number of halogens is 1. The van der Waals surface area contributed by atoms with Gasteiger partial charge in [0.15, 0.2) is 0 Å². The van der Waals surface area contributed by atoms with E-state index in [1.165, 1.54) is 0 Å². The fourth-order valence-electron chi connectivity index (χ4n) is 1.82. The number of imide groups is 1. The molecule has 1 fully saturated rings. The molecule has 0 unspecified atom stereocenters. The molecule has 7 nitrogen and oxygen atoms in total. The summed E-state index contributed by atoms with van der Waals surface area (Å²) in [4.78, 5) is 47.2. The number of carbonyl (C=O) groups is 4. The van der Waals surface area contributed by atoms with E-state index in [0.717, 1.165) is 4.90 Å². The van der Waals surface area contributed by atoms with Crippen molar-refractivity contribution in [2.45, 2.75) is 0 Å². The van der Waals surface area contributed by atoms with Gasteiger partial charge in [-0.3, -0.25) is 24.5 Å². The van der Waals surface area contributed by atoms with E-state index in [0.29, 0.717) is 10.0 Å². The third-order valence-electron chi connectivity index (χ3n) is 2.82. The predicted molar refractivity (Wildman–Crippen MR) is 76.2 cm³/mol. The van der Waals surface area contributed by atoms with E-state index >= 15 is 0 Å². The number of benzene rings is 1. The van der Waals surface area contributed by atoms with Crippen LogP contribution >= 0.6 is 15.9 Å². The lowest BCUT2D eigenvalue weighted by atomic mass is 10.2. The molecule has 1 aliphatic rings. The molecule has 8 heteroatoms. The maximum absolute atomic E-state index is 11.9. The molecule has 2 rings (SSSR count). The van der Waals surface area contributed by atoms with Crippen LogP contribution in [-0.2, 0) is 14.4 Å². The monoisotopic (exact) mass is 353 g/mol. The average molecular weight is 354 g/mol. The molecule has 0 aliphatic carbocycles. The maximum atomic E-state index is 11.9. The number of carbonyl (C=O) groups excluding carboxylic acids is 4. The Morgan fingerprint density at radius 1 is 1.19 bits per heavy atom. The molecule has 0 bridgehead atoms. The first-order chi connectivity index (χ1) is 9.97. The van der Waals surface area contributed by atoms with E-state index in [2.05, 4.69) is 26.6 Å². The van der Waals surface area contributed by atoms with Gasteiger partial charge in [0.1, 0.15) is 13.1 Å². The fourth-order valence-corrected chi connectivity index (χ4v) is 2.29. The van der Waals surface area contributed by atoms with Gasteiger partial charge in [-0.1, -0.05) is 12.1 Å². The van der Waals surface area contributed by atoms with Gasteiger partial charge in [0.05, 0.1) is 12.1 Å². The average Bonchev–Trinajstić information content (AvgIpc) is 2.43. The van der Waals surface area contributed by atoms with Crippen LogP contribution in [0.1, 0.15) is 10.4 Å². The first kappa shape index (κ1) is 15.2. The van der Waals surface area contributed by atoms with Gasteiger partial charge in [0.25, 0.3) is 5.91 Å². The number of hydrogen-bond donors (Lipinski definition) is 2. The summed E-state index contributed by atoms with van der Waals surface area (Å²) in [5.41, 5.74) is 0.401. The highest BCUT2D eigenvalue weighted by molar-refractivity contribution is 9.10. The molecule has 0 spiro atoms. The van der Waals surface area contributed by atoms with Crippen LogP contribution in [0.3, 0.4) is 0 Å². The highest BCUT2D eigenvalue weighted by atomic mass is 79.9. The Kier molecular flexibility index (Phi) is 4.69. The van der Waals surface area contributed by atoms with Gasteiger partial charge < -0.3 is 10.2 Å². The number of nitrogens with one attached hydrogen (secondary N) is 2. The van der Waals surface area contributed by atoms with Crippen molar-refractivity contribution < 1.29 is 19.2 Å². The Labute approximate surface area is 128 Å². The number of hydrogen-bond acceptors (Lipinski definition) is 4. The van der Waals surface area contributed by atoms with E-state index in [-0.39, 0.29) is 19.6 Å². The molecule has 0 aromatic heterocycles. The summed E-state index contributed by atoms with van der Waals surface area (Å²) in [5.74, 6) is -1.96. The Morgan fingerprint density at radius 3 is 2.43 bits per heavy atom. The third-order valence-corrected chi connectivity index (χ3v) is 3.51. The van der Waals surface area contributed by atoms with Gasteiger partial charge in [-0.05, 0) is 28.1 Å². The molecule has 2 N–H and O–H groups in total. The number of piperazine rings is 1. The van der Waals surface area contributed by atoms with Crippen molar-refractivity contribution >= 4 is 39.6 Å². The second-order valence-electron chi connectivity index (χ2n) is 4.38. The summed E-state index contributed by atoms with van der Waals surface area (Å²) >= 11 is 3.24. The first-order valence-corrected chi connectivity index (χ1v) is 6.90. The number of amides is 4. The quantitative estimate of drug-likeness (QED) is 0.727. The van der Waals surface area contributed by atoms with Crippen molar-refractivity contribution in [3.05, 3.63) is 34.3 Å². The number of nitrogens with zero attached hydrogens (tertiary/aromatic N) is 1. The van der Waals surface area contributed by atoms with Crippen molar-refractivity contribution in [2.75, 3.05) is 19.6 Å². The molecule has 0 atom stereocenters. The Bertz CT molecular complexity index is 601. The normalized spacial score (nSPS) is 14.6. The summed E-state index contributed by atoms with van der Waals surface area (Å²) < 4.78 is 0.613. The zero-order valence-electron chi connectivity index (χ0n) is 10.9. The molecule has 1 aromatic carbocycles. The molecule has 21 heavy (non-hydrogen) atoms. The summed E-state index contributed by atoms with van der Waals surface area (Å²) in [6, 6.07) is 6.80. The van der Waals surface area contributed by atoms with Gasteiger partial charge in [-0.25, -0.2) is 0 Å². The van der Waals surface area contributed by atoms with Crippen LogP contribution in [0, 0.1) is 0 Å². The van der Waals surface area contributed by atoms with E-state index in [4.69, 9.17) is 0 Å². The zero-order chi connectivity index (χ0) is 15.4. The second kappa shape index (κ2) is 6.49. The molecule has 4 amide bonds. The molecule has 1 aliphatic heterocycles. The summed E-state index contributed by atoms with van der Waals surface area (Å²) in [7, 11) is 0.